The van der Waals surface area contributed by atoms with Gasteiger partial charge in [0, 0.05) is 27.1 Å². The molecule has 5 nitrogen and oxygen atoms in total. The van der Waals surface area contributed by atoms with Gasteiger partial charge in [-0.3, -0.25) is 4.99 Å². The van der Waals surface area contributed by atoms with E-state index < -0.39 is 9.84 Å². The fourth-order valence-electron chi connectivity index (χ4n) is 3.11. The first-order valence-corrected chi connectivity index (χ1v) is 11.5. The molecule has 27 heavy (non-hydrogen) atoms. The van der Waals surface area contributed by atoms with Gasteiger partial charge < -0.3 is 0 Å². The second kappa shape index (κ2) is 7.55. The van der Waals surface area contributed by atoms with Gasteiger partial charge in [-0.25, -0.2) is 13.1 Å². The minimum Gasteiger partial charge on any atom is -0.288 e. The minimum absolute atomic E-state index is 0.134. The summed E-state index contributed by atoms with van der Waals surface area (Å²) in [5.41, 5.74) is 3.68. The zero-order valence-electron chi connectivity index (χ0n) is 14.5. The molecule has 0 amide bonds. The minimum atomic E-state index is -2.94. The summed E-state index contributed by atoms with van der Waals surface area (Å²) < 4.78 is 26.3. The van der Waals surface area contributed by atoms with Crippen LogP contribution in [0.1, 0.15) is 12.0 Å². The molecule has 0 aliphatic carbocycles. The predicted molar refractivity (Wildman–Crippen MR) is 116 cm³/mol. The Bertz CT molecular complexity index is 1070. The first kappa shape index (κ1) is 18.4. The lowest BCUT2D eigenvalue weighted by molar-refractivity contribution is 0.601. The maximum absolute atomic E-state index is 11.7. The fourth-order valence-corrected chi connectivity index (χ4v) is 5.10. The molecule has 0 radical (unpaired) electrons. The standard InChI is InChI=1S/C20H18IN3O2S/c21-17-8-6-15(7-9-17)20-16(12-22-18-10-11-27(25,26)14-18)13-24(23-20)19-4-2-1-3-5-19/h1-9,12-13,18H,10-11,14H2/b22-12+. The molecule has 1 aromatic heterocycles. The van der Waals surface area contributed by atoms with Crippen LogP contribution in [0.2, 0.25) is 0 Å². The summed E-state index contributed by atoms with van der Waals surface area (Å²) in [6, 6.07) is 17.9. The Hall–Kier alpha value is -2.00. The third kappa shape index (κ3) is 4.30. The number of rotatable bonds is 4. The lowest BCUT2D eigenvalue weighted by Gasteiger charge is -2.01. The average Bonchev–Trinajstić information content (AvgIpc) is 3.24. The molecule has 1 aliphatic heterocycles. The lowest BCUT2D eigenvalue weighted by atomic mass is 10.1. The van der Waals surface area contributed by atoms with E-state index in [1.807, 2.05) is 65.5 Å². The summed E-state index contributed by atoms with van der Waals surface area (Å²) >= 11 is 2.28. The molecule has 1 unspecified atom stereocenters. The summed E-state index contributed by atoms with van der Waals surface area (Å²) in [6.07, 6.45) is 4.30. The van der Waals surface area contributed by atoms with Gasteiger partial charge in [-0.1, -0.05) is 30.3 Å². The number of aromatic nitrogens is 2. The van der Waals surface area contributed by atoms with Crippen LogP contribution in [0.5, 0.6) is 0 Å². The van der Waals surface area contributed by atoms with E-state index in [0.29, 0.717) is 6.42 Å². The molecule has 1 atom stereocenters. The molecule has 138 valence electrons. The van der Waals surface area contributed by atoms with Crippen molar-refractivity contribution < 1.29 is 8.42 Å². The van der Waals surface area contributed by atoms with Gasteiger partial charge >= 0.3 is 0 Å². The van der Waals surface area contributed by atoms with Gasteiger partial charge in [-0.15, -0.1) is 0 Å². The largest absolute Gasteiger partial charge is 0.288 e. The van der Waals surface area contributed by atoms with E-state index in [4.69, 9.17) is 5.10 Å². The number of hydrogen-bond acceptors (Lipinski definition) is 4. The molecular weight excluding hydrogens is 473 g/mol. The van der Waals surface area contributed by atoms with Crippen molar-refractivity contribution in [1.29, 1.82) is 0 Å². The van der Waals surface area contributed by atoms with E-state index in [1.54, 1.807) is 6.21 Å². The van der Waals surface area contributed by atoms with E-state index >= 15 is 0 Å². The molecule has 0 spiro atoms. The molecule has 1 saturated heterocycles. The van der Waals surface area contributed by atoms with Crippen molar-refractivity contribution in [2.24, 2.45) is 4.99 Å². The zero-order chi connectivity index (χ0) is 18.9. The van der Waals surface area contributed by atoms with Gasteiger partial charge in [0.05, 0.1) is 23.2 Å². The number of para-hydroxylation sites is 1. The Labute approximate surface area is 172 Å². The first-order chi connectivity index (χ1) is 13.0. The van der Waals surface area contributed by atoms with Gasteiger partial charge in [0.1, 0.15) is 5.69 Å². The lowest BCUT2D eigenvalue weighted by Crippen LogP contribution is -2.07. The second-order valence-electron chi connectivity index (χ2n) is 6.56. The number of nitrogens with zero attached hydrogens (tertiary/aromatic N) is 3. The Balaban J connectivity index is 1.72. The van der Waals surface area contributed by atoms with Crippen molar-refractivity contribution in [3.63, 3.8) is 0 Å². The quantitative estimate of drug-likeness (QED) is 0.413. The van der Waals surface area contributed by atoms with Crippen molar-refractivity contribution in [3.05, 3.63) is 69.9 Å². The van der Waals surface area contributed by atoms with Gasteiger partial charge in [-0.2, -0.15) is 5.10 Å². The van der Waals surface area contributed by atoms with E-state index in [2.05, 4.69) is 27.6 Å². The summed E-state index contributed by atoms with van der Waals surface area (Å²) in [7, 11) is -2.94. The van der Waals surface area contributed by atoms with Gasteiger partial charge in [0.2, 0.25) is 0 Å². The Morgan fingerprint density at radius 3 is 2.52 bits per heavy atom. The highest BCUT2D eigenvalue weighted by atomic mass is 127. The molecule has 0 N–H and O–H groups in total. The van der Waals surface area contributed by atoms with Crippen molar-refractivity contribution in [2.75, 3.05) is 11.5 Å². The van der Waals surface area contributed by atoms with Crippen LogP contribution in [0.15, 0.2) is 65.8 Å². The van der Waals surface area contributed by atoms with Crippen LogP contribution in [0.3, 0.4) is 0 Å². The molecule has 0 bridgehead atoms. The fraction of sp³-hybridized carbons (Fsp3) is 0.200. The van der Waals surface area contributed by atoms with E-state index in [-0.39, 0.29) is 17.5 Å². The van der Waals surface area contributed by atoms with Crippen LogP contribution >= 0.6 is 22.6 Å². The highest BCUT2D eigenvalue weighted by molar-refractivity contribution is 14.1. The van der Waals surface area contributed by atoms with E-state index in [1.165, 1.54) is 0 Å². The third-order valence-corrected chi connectivity index (χ3v) is 6.98. The van der Waals surface area contributed by atoms with Crippen molar-refractivity contribution in [2.45, 2.75) is 12.5 Å². The predicted octanol–water partition coefficient (Wildman–Crippen LogP) is 3.75. The Morgan fingerprint density at radius 1 is 1.11 bits per heavy atom. The molecule has 3 aromatic rings. The van der Waals surface area contributed by atoms with E-state index in [0.717, 1.165) is 26.1 Å². The van der Waals surface area contributed by atoms with Gasteiger partial charge in [-0.05, 0) is 53.3 Å². The van der Waals surface area contributed by atoms with Gasteiger partial charge in [0.15, 0.2) is 9.84 Å². The van der Waals surface area contributed by atoms with Crippen LogP contribution in [0.25, 0.3) is 16.9 Å². The number of sulfone groups is 1. The van der Waals surface area contributed by atoms with Crippen LogP contribution in [-0.4, -0.2) is 42.0 Å². The third-order valence-electron chi connectivity index (χ3n) is 4.51. The first-order valence-electron chi connectivity index (χ1n) is 8.65. The SMILES string of the molecule is O=S1(=O)CCC(/N=C/c2cn(-c3ccccc3)nc2-c2ccc(I)cc2)C1. The normalized spacial score (nSPS) is 18.9. The topological polar surface area (TPSA) is 64.3 Å². The summed E-state index contributed by atoms with van der Waals surface area (Å²) in [5, 5.41) is 4.76. The van der Waals surface area contributed by atoms with E-state index in [9.17, 15) is 8.42 Å². The number of aliphatic imine (C=N–C) groups is 1. The van der Waals surface area contributed by atoms with Crippen LogP contribution in [0.4, 0.5) is 0 Å². The van der Waals surface area contributed by atoms with Crippen molar-refractivity contribution >= 4 is 38.6 Å². The molecule has 0 saturated carbocycles. The highest BCUT2D eigenvalue weighted by Crippen LogP contribution is 2.24. The molecule has 7 heteroatoms. The average molecular weight is 491 g/mol. The monoisotopic (exact) mass is 491 g/mol. The molecule has 4 rings (SSSR count). The maximum atomic E-state index is 11.7. The zero-order valence-corrected chi connectivity index (χ0v) is 17.5. The van der Waals surface area contributed by atoms with Gasteiger partial charge in [0.25, 0.3) is 0 Å². The Kier molecular flexibility index (Phi) is 5.14. The summed E-state index contributed by atoms with van der Waals surface area (Å²) in [5.74, 6) is 0.359. The van der Waals surface area contributed by atoms with Crippen molar-refractivity contribution in [3.8, 4) is 16.9 Å². The van der Waals surface area contributed by atoms with Crippen LogP contribution < -0.4 is 0 Å². The Morgan fingerprint density at radius 2 is 1.85 bits per heavy atom. The summed E-state index contributed by atoms with van der Waals surface area (Å²) in [6.45, 7) is 0. The highest BCUT2D eigenvalue weighted by Gasteiger charge is 2.27. The molecule has 2 heterocycles. The number of benzene rings is 2. The summed E-state index contributed by atoms with van der Waals surface area (Å²) in [4.78, 5) is 4.54. The smallest absolute Gasteiger partial charge is 0.152 e. The van der Waals surface area contributed by atoms with Crippen molar-refractivity contribution in [1.82, 2.24) is 9.78 Å². The maximum Gasteiger partial charge on any atom is 0.152 e. The number of hydrogen-bond donors (Lipinski definition) is 0. The van der Waals surface area contributed by atoms with Crippen LogP contribution in [-0.2, 0) is 9.84 Å². The molecular formula is C20H18IN3O2S. The van der Waals surface area contributed by atoms with Crippen LogP contribution in [0, 0.1) is 3.57 Å². The molecule has 1 fully saturated rings. The molecule has 1 aliphatic rings. The number of halogens is 1. The second-order valence-corrected chi connectivity index (χ2v) is 10.0. The molecule has 2 aromatic carbocycles.